The summed E-state index contributed by atoms with van der Waals surface area (Å²) in [7, 11) is 0. The smallest absolute Gasteiger partial charge is 0.0374 e. The third-order valence-corrected chi connectivity index (χ3v) is 4.60. The molecule has 1 atom stereocenters. The molecule has 1 N–H and O–H groups in total. The van der Waals surface area contributed by atoms with Crippen LogP contribution in [0.1, 0.15) is 44.6 Å². The lowest BCUT2D eigenvalue weighted by molar-refractivity contribution is 0.489. The Balaban J connectivity index is 1.76. The topological polar surface area (TPSA) is 15.3 Å². The maximum atomic E-state index is 3.61. The summed E-state index contributed by atoms with van der Waals surface area (Å²) < 4.78 is 0. The highest BCUT2D eigenvalue weighted by Gasteiger charge is 2.19. The summed E-state index contributed by atoms with van der Waals surface area (Å²) in [6.07, 6.45) is 8.02. The van der Waals surface area contributed by atoms with Gasteiger partial charge in [0.15, 0.2) is 0 Å². The van der Waals surface area contributed by atoms with Crippen LogP contribution in [0.15, 0.2) is 18.2 Å². The van der Waals surface area contributed by atoms with E-state index in [1.54, 1.807) is 0 Å². The van der Waals surface area contributed by atoms with Gasteiger partial charge < -0.3 is 10.2 Å². The number of benzene rings is 1. The van der Waals surface area contributed by atoms with Crippen molar-refractivity contribution in [1.29, 1.82) is 0 Å². The van der Waals surface area contributed by atoms with Crippen LogP contribution in [-0.4, -0.2) is 19.6 Å². The van der Waals surface area contributed by atoms with Crippen molar-refractivity contribution in [2.75, 3.05) is 29.9 Å². The van der Waals surface area contributed by atoms with Gasteiger partial charge in [0.1, 0.15) is 0 Å². The molecule has 2 heterocycles. The maximum absolute atomic E-state index is 3.61. The fourth-order valence-corrected chi connectivity index (χ4v) is 3.52. The quantitative estimate of drug-likeness (QED) is 0.879. The first-order valence-corrected chi connectivity index (χ1v) is 7.98. The summed E-state index contributed by atoms with van der Waals surface area (Å²) in [6, 6.07) is 7.04. The minimum absolute atomic E-state index is 0.828. The second kappa shape index (κ2) is 5.85. The van der Waals surface area contributed by atoms with Crippen LogP contribution in [0, 0.1) is 5.92 Å². The number of fused-ring (bicyclic) bond motifs is 1. The van der Waals surface area contributed by atoms with E-state index in [1.165, 1.54) is 68.6 Å². The summed E-state index contributed by atoms with van der Waals surface area (Å²) in [5.74, 6) is 0.828. The van der Waals surface area contributed by atoms with Crippen LogP contribution < -0.4 is 10.2 Å². The van der Waals surface area contributed by atoms with E-state index in [4.69, 9.17) is 0 Å². The molecule has 2 heteroatoms. The van der Waals surface area contributed by atoms with Crippen LogP contribution in [0.3, 0.4) is 0 Å². The number of nitrogens with zero attached hydrogens (tertiary/aromatic N) is 1. The van der Waals surface area contributed by atoms with Crippen LogP contribution >= 0.6 is 0 Å². The highest BCUT2D eigenvalue weighted by molar-refractivity contribution is 5.62. The lowest BCUT2D eigenvalue weighted by Gasteiger charge is -2.31. The van der Waals surface area contributed by atoms with Crippen molar-refractivity contribution < 1.29 is 0 Å². The van der Waals surface area contributed by atoms with Gasteiger partial charge in [0.2, 0.25) is 0 Å². The normalized spacial score (nSPS) is 22.8. The Morgan fingerprint density at radius 1 is 1.21 bits per heavy atom. The van der Waals surface area contributed by atoms with Crippen molar-refractivity contribution in [3.05, 3.63) is 23.8 Å². The van der Waals surface area contributed by atoms with Gasteiger partial charge in [-0.15, -0.1) is 0 Å². The van der Waals surface area contributed by atoms with Crippen molar-refractivity contribution in [1.82, 2.24) is 0 Å². The summed E-state index contributed by atoms with van der Waals surface area (Å²) in [5.41, 5.74) is 4.35. The molecule has 19 heavy (non-hydrogen) atoms. The molecular formula is C17H26N2. The minimum atomic E-state index is 0.828. The van der Waals surface area contributed by atoms with Crippen LogP contribution in [0.5, 0.6) is 0 Å². The molecule has 1 aromatic carbocycles. The van der Waals surface area contributed by atoms with E-state index in [0.29, 0.717) is 0 Å². The molecular weight excluding hydrogens is 232 g/mol. The Kier molecular flexibility index (Phi) is 3.95. The number of hydrogen-bond acceptors (Lipinski definition) is 2. The molecule has 2 nitrogen and oxygen atoms in total. The van der Waals surface area contributed by atoms with Gasteiger partial charge in [-0.1, -0.05) is 13.3 Å². The second-order valence-corrected chi connectivity index (χ2v) is 6.13. The van der Waals surface area contributed by atoms with Crippen molar-refractivity contribution in [3.63, 3.8) is 0 Å². The molecule has 1 saturated heterocycles. The molecule has 104 valence electrons. The van der Waals surface area contributed by atoms with Crippen LogP contribution in [0.25, 0.3) is 0 Å². The summed E-state index contributed by atoms with van der Waals surface area (Å²) >= 11 is 0. The van der Waals surface area contributed by atoms with Gasteiger partial charge in [-0.3, -0.25) is 0 Å². The standard InChI is InChI=1S/C17H26N2/c1-2-6-14-11-15-12-16(7-8-17(15)18-13-14)19-9-4-3-5-10-19/h7-8,12,14,18H,2-6,9-11,13H2,1H3. The Hall–Kier alpha value is -1.18. The van der Waals surface area contributed by atoms with Crippen LogP contribution in [0.4, 0.5) is 11.4 Å². The van der Waals surface area contributed by atoms with E-state index in [9.17, 15) is 0 Å². The molecule has 0 aliphatic carbocycles. The zero-order valence-electron chi connectivity index (χ0n) is 12.1. The predicted octanol–water partition coefficient (Wildman–Crippen LogP) is 4.06. The second-order valence-electron chi connectivity index (χ2n) is 6.13. The van der Waals surface area contributed by atoms with Crippen molar-refractivity contribution in [3.8, 4) is 0 Å². The minimum Gasteiger partial charge on any atom is -0.385 e. The molecule has 0 saturated carbocycles. The van der Waals surface area contributed by atoms with E-state index >= 15 is 0 Å². The monoisotopic (exact) mass is 258 g/mol. The van der Waals surface area contributed by atoms with E-state index in [2.05, 4.69) is 35.3 Å². The summed E-state index contributed by atoms with van der Waals surface area (Å²) in [5, 5.41) is 3.61. The van der Waals surface area contributed by atoms with Gasteiger partial charge in [0, 0.05) is 31.0 Å². The van der Waals surface area contributed by atoms with E-state index in [-0.39, 0.29) is 0 Å². The molecule has 0 spiro atoms. The molecule has 0 aromatic heterocycles. The van der Waals surface area contributed by atoms with Crippen molar-refractivity contribution in [2.45, 2.75) is 45.4 Å². The Morgan fingerprint density at radius 3 is 2.84 bits per heavy atom. The average Bonchev–Trinajstić information content (AvgIpc) is 2.48. The Morgan fingerprint density at radius 2 is 2.05 bits per heavy atom. The predicted molar refractivity (Wildman–Crippen MR) is 83.1 cm³/mol. The largest absolute Gasteiger partial charge is 0.385 e. The van der Waals surface area contributed by atoms with Crippen molar-refractivity contribution in [2.24, 2.45) is 5.92 Å². The zero-order valence-corrected chi connectivity index (χ0v) is 12.1. The van der Waals surface area contributed by atoms with E-state index in [0.717, 1.165) is 12.5 Å². The lowest BCUT2D eigenvalue weighted by Crippen LogP contribution is -2.30. The van der Waals surface area contributed by atoms with E-state index < -0.39 is 0 Å². The fraction of sp³-hybridized carbons (Fsp3) is 0.647. The first kappa shape index (κ1) is 12.8. The first-order chi connectivity index (χ1) is 9.36. The van der Waals surface area contributed by atoms with Gasteiger partial charge in [0.05, 0.1) is 0 Å². The Labute approximate surface area is 117 Å². The molecule has 0 bridgehead atoms. The molecule has 1 fully saturated rings. The highest BCUT2D eigenvalue weighted by Crippen LogP contribution is 2.31. The highest BCUT2D eigenvalue weighted by atomic mass is 15.1. The summed E-state index contributed by atoms with van der Waals surface area (Å²) in [6.45, 7) is 5.93. The number of hydrogen-bond donors (Lipinski definition) is 1. The molecule has 0 amide bonds. The van der Waals surface area contributed by atoms with Crippen LogP contribution in [0.2, 0.25) is 0 Å². The number of anilines is 2. The molecule has 0 radical (unpaired) electrons. The molecule has 1 unspecified atom stereocenters. The van der Waals surface area contributed by atoms with Crippen LogP contribution in [-0.2, 0) is 6.42 Å². The van der Waals surface area contributed by atoms with Gasteiger partial charge >= 0.3 is 0 Å². The molecule has 1 aromatic rings. The molecule has 3 rings (SSSR count). The lowest BCUT2D eigenvalue weighted by atomic mass is 9.90. The fourth-order valence-electron chi connectivity index (χ4n) is 3.52. The van der Waals surface area contributed by atoms with Crippen molar-refractivity contribution >= 4 is 11.4 Å². The third kappa shape index (κ3) is 2.88. The summed E-state index contributed by atoms with van der Waals surface area (Å²) in [4.78, 5) is 2.56. The number of nitrogens with one attached hydrogen (secondary N) is 1. The average molecular weight is 258 g/mol. The third-order valence-electron chi connectivity index (χ3n) is 4.60. The first-order valence-electron chi connectivity index (χ1n) is 7.98. The SMILES string of the molecule is CCCC1CNc2ccc(N3CCCCC3)cc2C1. The van der Waals surface area contributed by atoms with E-state index in [1.807, 2.05) is 0 Å². The zero-order chi connectivity index (χ0) is 13.1. The Bertz CT molecular complexity index is 421. The van der Waals surface area contributed by atoms with Gasteiger partial charge in [0.25, 0.3) is 0 Å². The molecule has 2 aliphatic heterocycles. The molecule has 2 aliphatic rings. The van der Waals surface area contributed by atoms with Gasteiger partial charge in [-0.05, 0) is 61.8 Å². The number of rotatable bonds is 3. The van der Waals surface area contributed by atoms with Gasteiger partial charge in [-0.2, -0.15) is 0 Å². The van der Waals surface area contributed by atoms with Gasteiger partial charge in [-0.25, -0.2) is 0 Å². The number of piperidine rings is 1. The maximum Gasteiger partial charge on any atom is 0.0374 e.